The number of carbonyl (C=O) groups is 1. The van der Waals surface area contributed by atoms with Gasteiger partial charge in [0, 0.05) is 11.8 Å². The fourth-order valence-corrected chi connectivity index (χ4v) is 6.34. The van der Waals surface area contributed by atoms with Crippen LogP contribution in [0, 0.1) is 30.6 Å². The Balaban J connectivity index is 0.000000171. The van der Waals surface area contributed by atoms with Gasteiger partial charge in [-0.05, 0) is 55.6 Å². The van der Waals surface area contributed by atoms with Crippen molar-refractivity contribution in [3.8, 4) is 0 Å². The SMILES string of the molecule is CC1(C)C2CCC1(CS(=O)(=O)[O-])C(=O)C2.Cc1ccc(Cc2ccc(C)cc2)cc1. The Morgan fingerprint density at radius 2 is 1.40 bits per heavy atom. The summed E-state index contributed by atoms with van der Waals surface area (Å²) >= 11 is 0. The first-order chi connectivity index (χ1) is 13.9. The number of aryl methyl sites for hydroxylation is 2. The Morgan fingerprint density at radius 1 is 0.933 bits per heavy atom. The maximum Gasteiger partial charge on any atom is 0.140 e. The molecule has 162 valence electrons. The molecule has 2 aromatic rings. The molecule has 2 fully saturated rings. The minimum atomic E-state index is -4.33. The van der Waals surface area contributed by atoms with Gasteiger partial charge in [0.05, 0.1) is 15.9 Å². The van der Waals surface area contributed by atoms with E-state index in [4.69, 9.17) is 0 Å². The van der Waals surface area contributed by atoms with E-state index in [1.807, 2.05) is 13.8 Å². The molecule has 0 aliphatic heterocycles. The molecule has 0 radical (unpaired) electrons. The van der Waals surface area contributed by atoms with Crippen LogP contribution in [0.3, 0.4) is 0 Å². The Bertz CT molecular complexity index is 961. The van der Waals surface area contributed by atoms with Crippen molar-refractivity contribution >= 4 is 15.9 Å². The van der Waals surface area contributed by atoms with Crippen LogP contribution >= 0.6 is 0 Å². The molecule has 2 aliphatic carbocycles. The standard InChI is InChI=1S/C15H16.C10H16O4S/c1-12-3-7-14(8-4-12)11-15-9-5-13(2)6-10-15;1-9(2)7-3-4-10(9,8(11)5-7)6-15(12,13)14/h3-10H,11H2,1-2H3;7H,3-6H2,1-2H3,(H,12,13,14)/p-1. The van der Waals surface area contributed by atoms with Crippen LogP contribution in [0.5, 0.6) is 0 Å². The second kappa shape index (κ2) is 8.27. The quantitative estimate of drug-likeness (QED) is 0.656. The van der Waals surface area contributed by atoms with Gasteiger partial charge in [-0.25, -0.2) is 8.42 Å². The Hall–Kier alpha value is -1.98. The van der Waals surface area contributed by atoms with Crippen LogP contribution in [0.2, 0.25) is 0 Å². The number of Topliss-reactive ketones (excluding diaryl/α,β-unsaturated/α-hetero) is 1. The fourth-order valence-electron chi connectivity index (χ4n) is 5.06. The second-order valence-electron chi connectivity index (χ2n) is 9.52. The molecule has 2 unspecified atom stereocenters. The lowest BCUT2D eigenvalue weighted by Gasteiger charge is -2.37. The van der Waals surface area contributed by atoms with Crippen molar-refractivity contribution in [1.29, 1.82) is 0 Å². The summed E-state index contributed by atoms with van der Waals surface area (Å²) in [7, 11) is -4.33. The highest BCUT2D eigenvalue weighted by molar-refractivity contribution is 7.85. The average Bonchev–Trinajstić information content (AvgIpc) is 2.99. The molecule has 5 heteroatoms. The van der Waals surface area contributed by atoms with Crippen molar-refractivity contribution in [3.63, 3.8) is 0 Å². The van der Waals surface area contributed by atoms with Crippen LogP contribution in [0.4, 0.5) is 0 Å². The van der Waals surface area contributed by atoms with Gasteiger partial charge < -0.3 is 4.55 Å². The molecule has 2 aromatic carbocycles. The maximum atomic E-state index is 11.8. The number of carbonyl (C=O) groups excluding carboxylic acids is 1. The number of rotatable bonds is 4. The van der Waals surface area contributed by atoms with Crippen LogP contribution in [0.1, 0.15) is 55.4 Å². The van der Waals surface area contributed by atoms with E-state index >= 15 is 0 Å². The largest absolute Gasteiger partial charge is 0.748 e. The minimum Gasteiger partial charge on any atom is -0.748 e. The first-order valence-corrected chi connectivity index (χ1v) is 12.1. The summed E-state index contributed by atoms with van der Waals surface area (Å²) in [6.45, 7) is 8.08. The van der Waals surface area contributed by atoms with Gasteiger partial charge in [-0.2, -0.15) is 0 Å². The number of fused-ring (bicyclic) bond motifs is 2. The molecule has 4 rings (SSSR count). The number of ketones is 1. The van der Waals surface area contributed by atoms with Crippen molar-refractivity contribution in [3.05, 3.63) is 70.8 Å². The maximum absolute atomic E-state index is 11.8. The molecule has 2 bridgehead atoms. The van der Waals surface area contributed by atoms with Crippen molar-refractivity contribution in [2.24, 2.45) is 16.7 Å². The predicted molar refractivity (Wildman–Crippen MR) is 118 cm³/mol. The summed E-state index contributed by atoms with van der Waals surface area (Å²) in [5.41, 5.74) is 4.18. The summed E-state index contributed by atoms with van der Waals surface area (Å²) < 4.78 is 32.7. The van der Waals surface area contributed by atoms with Crippen LogP contribution in [-0.2, 0) is 21.3 Å². The van der Waals surface area contributed by atoms with E-state index in [9.17, 15) is 17.8 Å². The smallest absolute Gasteiger partial charge is 0.140 e. The van der Waals surface area contributed by atoms with Crippen molar-refractivity contribution in [1.82, 2.24) is 0 Å². The number of hydrogen-bond donors (Lipinski definition) is 0. The zero-order valence-electron chi connectivity index (χ0n) is 18.3. The Kier molecular flexibility index (Phi) is 6.26. The summed E-state index contributed by atoms with van der Waals surface area (Å²) in [5.74, 6) is -0.280. The molecule has 0 N–H and O–H groups in total. The Labute approximate surface area is 180 Å². The predicted octanol–water partition coefficient (Wildman–Crippen LogP) is 4.82. The molecule has 2 aliphatic rings. The van der Waals surface area contributed by atoms with E-state index < -0.39 is 21.3 Å². The van der Waals surface area contributed by atoms with Gasteiger partial charge in [0.2, 0.25) is 0 Å². The van der Waals surface area contributed by atoms with Crippen LogP contribution in [-0.4, -0.2) is 24.5 Å². The van der Waals surface area contributed by atoms with Crippen LogP contribution < -0.4 is 0 Å². The highest BCUT2D eigenvalue weighted by Crippen LogP contribution is 2.64. The van der Waals surface area contributed by atoms with E-state index in [-0.39, 0.29) is 17.1 Å². The Morgan fingerprint density at radius 3 is 1.73 bits per heavy atom. The third-order valence-electron chi connectivity index (χ3n) is 7.21. The lowest BCUT2D eigenvalue weighted by molar-refractivity contribution is -0.128. The normalized spacial score (nSPS) is 24.4. The summed E-state index contributed by atoms with van der Waals surface area (Å²) in [6.07, 6.45) is 2.91. The monoisotopic (exact) mass is 427 g/mol. The molecule has 0 saturated heterocycles. The lowest BCUT2D eigenvalue weighted by atomic mass is 9.70. The van der Waals surface area contributed by atoms with Gasteiger partial charge in [0.25, 0.3) is 0 Å². The first-order valence-electron chi connectivity index (χ1n) is 10.5. The van der Waals surface area contributed by atoms with Gasteiger partial charge in [-0.3, -0.25) is 4.79 Å². The third-order valence-corrected chi connectivity index (χ3v) is 8.06. The number of benzene rings is 2. The van der Waals surface area contributed by atoms with Gasteiger partial charge in [0.15, 0.2) is 0 Å². The van der Waals surface area contributed by atoms with E-state index in [1.54, 1.807) is 0 Å². The van der Waals surface area contributed by atoms with Gasteiger partial charge in [-0.15, -0.1) is 0 Å². The number of hydrogen-bond acceptors (Lipinski definition) is 4. The van der Waals surface area contributed by atoms with E-state index in [2.05, 4.69) is 62.4 Å². The molecule has 0 heterocycles. The zero-order chi connectivity index (χ0) is 22.2. The molecule has 0 aromatic heterocycles. The summed E-state index contributed by atoms with van der Waals surface area (Å²) in [4.78, 5) is 11.8. The van der Waals surface area contributed by atoms with Crippen LogP contribution in [0.15, 0.2) is 48.5 Å². The van der Waals surface area contributed by atoms with Crippen molar-refractivity contribution in [2.75, 3.05) is 5.75 Å². The summed E-state index contributed by atoms with van der Waals surface area (Å²) in [5, 5.41) is 0. The van der Waals surface area contributed by atoms with Gasteiger partial charge in [-0.1, -0.05) is 73.5 Å². The topological polar surface area (TPSA) is 74.3 Å². The molecule has 0 spiro atoms. The highest BCUT2D eigenvalue weighted by atomic mass is 32.2. The first kappa shape index (κ1) is 22.7. The second-order valence-corrected chi connectivity index (χ2v) is 10.9. The third kappa shape index (κ3) is 4.68. The minimum absolute atomic E-state index is 0.0248. The van der Waals surface area contributed by atoms with E-state index in [1.165, 1.54) is 22.3 Å². The molecule has 4 nitrogen and oxygen atoms in total. The van der Waals surface area contributed by atoms with Crippen LogP contribution in [0.25, 0.3) is 0 Å². The highest BCUT2D eigenvalue weighted by Gasteiger charge is 2.64. The molecular weight excluding hydrogens is 396 g/mol. The van der Waals surface area contributed by atoms with E-state index in [0.717, 1.165) is 12.8 Å². The van der Waals surface area contributed by atoms with Crippen molar-refractivity contribution in [2.45, 2.75) is 53.4 Å². The molecular formula is C25H31O4S-. The lowest BCUT2D eigenvalue weighted by Crippen LogP contribution is -2.42. The zero-order valence-corrected chi connectivity index (χ0v) is 19.1. The average molecular weight is 428 g/mol. The molecule has 2 saturated carbocycles. The fraction of sp³-hybridized carbons (Fsp3) is 0.480. The van der Waals surface area contributed by atoms with Gasteiger partial charge in [0.1, 0.15) is 5.78 Å². The van der Waals surface area contributed by atoms with Gasteiger partial charge >= 0.3 is 0 Å². The molecule has 30 heavy (non-hydrogen) atoms. The summed E-state index contributed by atoms with van der Waals surface area (Å²) in [6, 6.07) is 17.5. The molecule has 0 amide bonds. The van der Waals surface area contributed by atoms with E-state index in [0.29, 0.717) is 12.8 Å². The molecule has 2 atom stereocenters. The van der Waals surface area contributed by atoms with Crippen molar-refractivity contribution < 1.29 is 17.8 Å².